The number of hydrogen-bond donors (Lipinski definition) is 1. The highest BCUT2D eigenvalue weighted by atomic mass is 16.5. The molecule has 0 spiro atoms. The summed E-state index contributed by atoms with van der Waals surface area (Å²) in [4.78, 5) is 43.2. The lowest BCUT2D eigenvalue weighted by molar-refractivity contribution is -0.142. The molecule has 1 aliphatic heterocycles. The van der Waals surface area contributed by atoms with Crippen LogP contribution in [0.5, 0.6) is 5.75 Å². The predicted octanol–water partition coefficient (Wildman–Crippen LogP) is 2.38. The third-order valence-electron chi connectivity index (χ3n) is 7.17. The fourth-order valence-electron chi connectivity index (χ4n) is 5.26. The first-order valence-electron chi connectivity index (χ1n) is 12.2. The molecule has 1 fully saturated rings. The van der Waals surface area contributed by atoms with E-state index in [1.807, 2.05) is 6.07 Å². The summed E-state index contributed by atoms with van der Waals surface area (Å²) in [6.07, 6.45) is 4.53. The van der Waals surface area contributed by atoms with E-state index < -0.39 is 5.41 Å². The molecule has 0 radical (unpaired) electrons. The molecule has 0 bridgehead atoms. The Hall–Kier alpha value is -3.20. The number of imide groups is 1. The van der Waals surface area contributed by atoms with Crippen molar-refractivity contribution in [1.82, 2.24) is 20.0 Å². The quantitative estimate of drug-likeness (QED) is 0.412. The number of ether oxygens (including phenoxy) is 2. The number of aryl methyl sites for hydroxylation is 1. The number of benzene rings is 1. The van der Waals surface area contributed by atoms with E-state index in [9.17, 15) is 14.4 Å². The second-order valence-corrected chi connectivity index (χ2v) is 9.42. The number of aromatic amines is 1. The summed E-state index contributed by atoms with van der Waals surface area (Å²) >= 11 is 0. The molecule has 1 aliphatic carbocycles. The summed E-state index contributed by atoms with van der Waals surface area (Å²) in [5.74, 6) is -0.372. The van der Waals surface area contributed by atoms with Crippen LogP contribution in [-0.4, -0.2) is 72.1 Å². The van der Waals surface area contributed by atoms with Gasteiger partial charge in [-0.05, 0) is 43.7 Å². The molecule has 9 heteroatoms. The van der Waals surface area contributed by atoms with Gasteiger partial charge >= 0.3 is 0 Å². The van der Waals surface area contributed by atoms with E-state index in [0.29, 0.717) is 30.9 Å². The van der Waals surface area contributed by atoms with Crippen LogP contribution in [0.25, 0.3) is 0 Å². The van der Waals surface area contributed by atoms with Crippen molar-refractivity contribution in [1.29, 1.82) is 0 Å². The number of carbonyl (C=O) groups is 3. The summed E-state index contributed by atoms with van der Waals surface area (Å²) in [5.41, 5.74) is 2.48. The highest BCUT2D eigenvalue weighted by molar-refractivity contribution is 6.11. The molecule has 1 atom stereocenters. The number of methoxy groups -OCH3 is 2. The van der Waals surface area contributed by atoms with Gasteiger partial charge in [-0.1, -0.05) is 18.2 Å². The highest BCUT2D eigenvalue weighted by Crippen LogP contribution is 2.44. The average Bonchev–Trinajstić information content (AvgIpc) is 3.38. The van der Waals surface area contributed by atoms with Gasteiger partial charge in [0.2, 0.25) is 17.7 Å². The van der Waals surface area contributed by atoms with Crippen molar-refractivity contribution >= 4 is 17.7 Å². The summed E-state index contributed by atoms with van der Waals surface area (Å²) < 4.78 is 10.6. The number of H-pyrrole nitrogens is 1. The van der Waals surface area contributed by atoms with E-state index >= 15 is 0 Å². The summed E-state index contributed by atoms with van der Waals surface area (Å²) in [6.45, 7) is 1.05. The molecule has 1 N–H and O–H groups in total. The van der Waals surface area contributed by atoms with Gasteiger partial charge in [-0.25, -0.2) is 0 Å². The van der Waals surface area contributed by atoms with Crippen LogP contribution in [0.2, 0.25) is 0 Å². The third-order valence-corrected chi connectivity index (χ3v) is 7.17. The van der Waals surface area contributed by atoms with E-state index in [1.54, 1.807) is 37.3 Å². The van der Waals surface area contributed by atoms with Crippen molar-refractivity contribution in [2.24, 2.45) is 0 Å². The Labute approximate surface area is 205 Å². The summed E-state index contributed by atoms with van der Waals surface area (Å²) in [5, 5.41) is 7.57. The van der Waals surface area contributed by atoms with Gasteiger partial charge in [0, 0.05) is 51.4 Å². The fourth-order valence-corrected chi connectivity index (χ4v) is 5.26. The Morgan fingerprint density at radius 3 is 2.74 bits per heavy atom. The van der Waals surface area contributed by atoms with E-state index in [2.05, 4.69) is 10.2 Å². The van der Waals surface area contributed by atoms with Crippen molar-refractivity contribution < 1.29 is 23.9 Å². The van der Waals surface area contributed by atoms with Crippen LogP contribution >= 0.6 is 0 Å². The lowest BCUT2D eigenvalue weighted by Gasteiger charge is -2.30. The fraction of sp³-hybridized carbons (Fsp3) is 0.538. The monoisotopic (exact) mass is 482 g/mol. The van der Waals surface area contributed by atoms with Crippen molar-refractivity contribution in [3.63, 3.8) is 0 Å². The van der Waals surface area contributed by atoms with E-state index in [0.717, 1.165) is 37.1 Å². The Morgan fingerprint density at radius 2 is 1.97 bits per heavy atom. The summed E-state index contributed by atoms with van der Waals surface area (Å²) in [7, 11) is 4.83. The minimum Gasteiger partial charge on any atom is -0.496 e. The molecule has 0 saturated carbocycles. The molecule has 2 heterocycles. The highest BCUT2D eigenvalue weighted by Gasteiger charge is 2.55. The topological polar surface area (TPSA) is 105 Å². The van der Waals surface area contributed by atoms with Crippen LogP contribution in [0.3, 0.4) is 0 Å². The second kappa shape index (κ2) is 10.6. The van der Waals surface area contributed by atoms with Gasteiger partial charge in [-0.2, -0.15) is 5.10 Å². The molecule has 1 saturated heterocycles. The van der Waals surface area contributed by atoms with Gasteiger partial charge in [0.05, 0.1) is 24.8 Å². The molecular formula is C26H34N4O5. The number of likely N-dealkylation sites (tertiary alicyclic amines) is 1. The first-order chi connectivity index (χ1) is 16.9. The smallest absolute Gasteiger partial charge is 0.241 e. The van der Waals surface area contributed by atoms with Gasteiger partial charge in [0.25, 0.3) is 0 Å². The molecule has 0 unspecified atom stereocenters. The van der Waals surface area contributed by atoms with Gasteiger partial charge in [0.1, 0.15) is 5.75 Å². The average molecular weight is 483 g/mol. The van der Waals surface area contributed by atoms with Gasteiger partial charge in [0.15, 0.2) is 0 Å². The Kier molecular flexibility index (Phi) is 7.54. The normalized spacial score (nSPS) is 19.7. The van der Waals surface area contributed by atoms with Gasteiger partial charge < -0.3 is 14.4 Å². The van der Waals surface area contributed by atoms with Crippen LogP contribution in [-0.2, 0) is 43.9 Å². The first-order valence-corrected chi connectivity index (χ1v) is 12.2. The number of carbonyl (C=O) groups excluding carboxylic acids is 3. The Bertz CT molecular complexity index is 1100. The van der Waals surface area contributed by atoms with Crippen molar-refractivity contribution in [2.45, 2.75) is 56.9 Å². The Morgan fingerprint density at radius 1 is 1.20 bits per heavy atom. The molecule has 9 nitrogen and oxygen atoms in total. The predicted molar refractivity (Wildman–Crippen MR) is 129 cm³/mol. The molecule has 1 aromatic carbocycles. The zero-order valence-corrected chi connectivity index (χ0v) is 20.8. The van der Waals surface area contributed by atoms with Crippen molar-refractivity contribution in [3.8, 4) is 5.75 Å². The zero-order valence-electron chi connectivity index (χ0n) is 20.8. The van der Waals surface area contributed by atoms with E-state index in [4.69, 9.17) is 9.47 Å². The zero-order chi connectivity index (χ0) is 25.0. The maximum atomic E-state index is 13.8. The van der Waals surface area contributed by atoms with Gasteiger partial charge in [-0.3, -0.25) is 24.4 Å². The van der Waals surface area contributed by atoms with Gasteiger partial charge in [-0.15, -0.1) is 0 Å². The largest absolute Gasteiger partial charge is 0.496 e. The van der Waals surface area contributed by atoms with Crippen LogP contribution in [0.15, 0.2) is 24.3 Å². The Balaban J connectivity index is 1.61. The number of nitrogens with zero attached hydrogens (tertiary/aromatic N) is 3. The van der Waals surface area contributed by atoms with Crippen LogP contribution < -0.4 is 4.74 Å². The minimum absolute atomic E-state index is 0.0728. The number of rotatable bonds is 10. The van der Waals surface area contributed by atoms with E-state index in [-0.39, 0.29) is 37.1 Å². The molecule has 188 valence electrons. The molecule has 3 amide bonds. The number of hydrogen-bond acceptors (Lipinski definition) is 6. The number of para-hydroxylation sites is 1. The number of nitrogens with one attached hydrogen (secondary N) is 1. The minimum atomic E-state index is -1.31. The summed E-state index contributed by atoms with van der Waals surface area (Å²) in [6, 6.07) is 7.14. The van der Waals surface area contributed by atoms with Crippen molar-refractivity contribution in [3.05, 3.63) is 46.8 Å². The third kappa shape index (κ3) is 4.82. The second-order valence-electron chi connectivity index (χ2n) is 9.42. The molecule has 35 heavy (non-hydrogen) atoms. The number of fused-ring (bicyclic) bond motifs is 1. The SMILES string of the molecule is COCCCN1C(=O)C[C@](CC(=O)N(C)Cc2n[nH]c3c2CCCC3)(c2ccccc2OC)C1=O. The maximum Gasteiger partial charge on any atom is 0.241 e. The van der Waals surface area contributed by atoms with E-state index in [1.165, 1.54) is 17.6 Å². The molecule has 2 aliphatic rings. The molecule has 2 aromatic rings. The number of aromatic nitrogens is 2. The lowest BCUT2D eigenvalue weighted by Crippen LogP contribution is -2.43. The molecule has 4 rings (SSSR count). The lowest BCUT2D eigenvalue weighted by atomic mass is 9.75. The molecule has 1 aromatic heterocycles. The first kappa shape index (κ1) is 24.9. The van der Waals surface area contributed by atoms with Crippen LogP contribution in [0.1, 0.15) is 54.6 Å². The molecular weight excluding hydrogens is 448 g/mol. The maximum absolute atomic E-state index is 13.8. The van der Waals surface area contributed by atoms with Crippen molar-refractivity contribution in [2.75, 3.05) is 34.4 Å². The standard InChI is InChI=1S/C26H34N4O5/c1-29(17-21-18-9-4-6-11-20(18)27-28-21)23(31)15-26(19-10-5-7-12-22(19)35-3)16-24(32)30(25(26)33)13-8-14-34-2/h5,7,10,12H,4,6,8-9,11,13-17H2,1-3H3,(H,27,28)/t26-/m1/s1. The van der Waals surface area contributed by atoms with Crippen LogP contribution in [0, 0.1) is 0 Å². The van der Waals surface area contributed by atoms with Crippen LogP contribution in [0.4, 0.5) is 0 Å². The number of amides is 3.